The lowest BCUT2D eigenvalue weighted by molar-refractivity contribution is -0.118. The van der Waals surface area contributed by atoms with E-state index in [1.165, 1.54) is 0 Å². The molecule has 0 spiro atoms. The number of aryl methyl sites for hydroxylation is 1. The van der Waals surface area contributed by atoms with Crippen LogP contribution in [0.2, 0.25) is 0 Å². The normalized spacial score (nSPS) is 10.8. The number of nitrogens with one attached hydrogen (secondary N) is 2. The standard InChI is InChI=1S/C19H21N5O2/c1-13(2)17(25)21-14-6-8-15(9-7-14)22-18(26)16-12-20-23(3)19(16)24-10-4-5-11-24/h4-13H,1-3H3,(H,21,25)(H,22,26). The predicted octanol–water partition coefficient (Wildman–Crippen LogP) is 3.06. The summed E-state index contributed by atoms with van der Waals surface area (Å²) in [7, 11) is 1.79. The van der Waals surface area contributed by atoms with E-state index >= 15 is 0 Å². The fraction of sp³-hybridized carbons (Fsp3) is 0.211. The van der Waals surface area contributed by atoms with E-state index in [1.807, 2.05) is 42.9 Å². The summed E-state index contributed by atoms with van der Waals surface area (Å²) in [6.07, 6.45) is 5.27. The number of benzene rings is 1. The van der Waals surface area contributed by atoms with Crippen molar-refractivity contribution in [3.05, 3.63) is 60.6 Å². The van der Waals surface area contributed by atoms with Crippen molar-refractivity contribution in [1.82, 2.24) is 14.3 Å². The Morgan fingerprint density at radius 2 is 1.58 bits per heavy atom. The van der Waals surface area contributed by atoms with Crippen molar-refractivity contribution < 1.29 is 9.59 Å². The van der Waals surface area contributed by atoms with Crippen molar-refractivity contribution in [3.8, 4) is 5.82 Å². The third-order valence-electron chi connectivity index (χ3n) is 3.94. The molecule has 0 radical (unpaired) electrons. The molecule has 0 fully saturated rings. The molecule has 2 aromatic heterocycles. The van der Waals surface area contributed by atoms with Crippen LogP contribution in [-0.2, 0) is 11.8 Å². The molecule has 26 heavy (non-hydrogen) atoms. The molecule has 0 unspecified atom stereocenters. The average Bonchev–Trinajstić information content (AvgIpc) is 3.25. The molecule has 7 heteroatoms. The maximum atomic E-state index is 12.6. The summed E-state index contributed by atoms with van der Waals surface area (Å²) in [5.74, 6) is 0.301. The minimum absolute atomic E-state index is 0.0477. The molecule has 0 saturated heterocycles. The summed E-state index contributed by atoms with van der Waals surface area (Å²) >= 11 is 0. The summed E-state index contributed by atoms with van der Waals surface area (Å²) in [6, 6.07) is 10.8. The van der Waals surface area contributed by atoms with Gasteiger partial charge in [0.15, 0.2) is 0 Å². The minimum Gasteiger partial charge on any atom is -0.326 e. The van der Waals surface area contributed by atoms with Gasteiger partial charge in [0.05, 0.1) is 6.20 Å². The Bertz CT molecular complexity index is 908. The first-order valence-corrected chi connectivity index (χ1v) is 8.33. The van der Waals surface area contributed by atoms with Gasteiger partial charge in [-0.25, -0.2) is 0 Å². The molecule has 3 aromatic rings. The highest BCUT2D eigenvalue weighted by molar-refractivity contribution is 6.06. The Hall–Kier alpha value is -3.35. The van der Waals surface area contributed by atoms with Gasteiger partial charge in [-0.15, -0.1) is 0 Å². The monoisotopic (exact) mass is 351 g/mol. The lowest BCUT2D eigenvalue weighted by Gasteiger charge is -2.10. The van der Waals surface area contributed by atoms with E-state index in [1.54, 1.807) is 42.2 Å². The maximum absolute atomic E-state index is 12.6. The van der Waals surface area contributed by atoms with E-state index in [-0.39, 0.29) is 17.7 Å². The van der Waals surface area contributed by atoms with Crippen LogP contribution in [0.15, 0.2) is 55.0 Å². The van der Waals surface area contributed by atoms with Crippen LogP contribution in [0.5, 0.6) is 0 Å². The van der Waals surface area contributed by atoms with E-state index in [2.05, 4.69) is 15.7 Å². The Balaban J connectivity index is 1.74. The first kappa shape index (κ1) is 17.5. The van der Waals surface area contributed by atoms with Gasteiger partial charge >= 0.3 is 0 Å². The molecule has 1 aromatic carbocycles. The molecule has 2 heterocycles. The molecule has 2 N–H and O–H groups in total. The minimum atomic E-state index is -0.249. The van der Waals surface area contributed by atoms with Crippen molar-refractivity contribution in [2.45, 2.75) is 13.8 Å². The number of nitrogens with zero attached hydrogens (tertiary/aromatic N) is 3. The highest BCUT2D eigenvalue weighted by atomic mass is 16.2. The largest absolute Gasteiger partial charge is 0.326 e. The third kappa shape index (κ3) is 3.66. The van der Waals surface area contributed by atoms with Crippen LogP contribution in [0.3, 0.4) is 0 Å². The van der Waals surface area contributed by atoms with E-state index < -0.39 is 0 Å². The zero-order chi connectivity index (χ0) is 18.7. The zero-order valence-electron chi connectivity index (χ0n) is 14.9. The number of carbonyl (C=O) groups excluding carboxylic acids is 2. The molecular formula is C19H21N5O2. The number of anilines is 2. The first-order chi connectivity index (χ1) is 12.5. The molecule has 0 aliphatic carbocycles. The number of hydrogen-bond donors (Lipinski definition) is 2. The van der Waals surface area contributed by atoms with E-state index in [4.69, 9.17) is 0 Å². The summed E-state index contributed by atoms with van der Waals surface area (Å²) in [6.45, 7) is 3.67. The smallest absolute Gasteiger partial charge is 0.261 e. The second kappa shape index (κ2) is 7.26. The second-order valence-electron chi connectivity index (χ2n) is 6.27. The molecule has 0 atom stereocenters. The molecule has 0 aliphatic rings. The summed E-state index contributed by atoms with van der Waals surface area (Å²) in [5, 5.41) is 9.86. The Morgan fingerprint density at radius 1 is 1.00 bits per heavy atom. The lowest BCUT2D eigenvalue weighted by Crippen LogP contribution is -2.18. The third-order valence-corrected chi connectivity index (χ3v) is 3.94. The van der Waals surface area contributed by atoms with Crippen molar-refractivity contribution in [2.75, 3.05) is 10.6 Å². The number of carbonyl (C=O) groups is 2. The van der Waals surface area contributed by atoms with Gasteiger partial charge in [-0.1, -0.05) is 13.8 Å². The van der Waals surface area contributed by atoms with Gasteiger partial charge in [0, 0.05) is 36.7 Å². The SMILES string of the molecule is CC(C)C(=O)Nc1ccc(NC(=O)c2cnn(C)c2-n2cccc2)cc1. The Kier molecular flexibility index (Phi) is 4.88. The molecule has 0 aliphatic heterocycles. The highest BCUT2D eigenvalue weighted by Crippen LogP contribution is 2.18. The van der Waals surface area contributed by atoms with Gasteiger partial charge in [-0.05, 0) is 36.4 Å². The molecular weight excluding hydrogens is 330 g/mol. The lowest BCUT2D eigenvalue weighted by atomic mass is 10.2. The Morgan fingerprint density at radius 3 is 2.15 bits per heavy atom. The summed E-state index contributed by atoms with van der Waals surface area (Å²) in [5.41, 5.74) is 1.80. The van der Waals surface area contributed by atoms with Gasteiger partial charge < -0.3 is 15.2 Å². The van der Waals surface area contributed by atoms with Crippen LogP contribution in [0, 0.1) is 5.92 Å². The molecule has 134 valence electrons. The van der Waals surface area contributed by atoms with Gasteiger partial charge in [-0.3, -0.25) is 14.3 Å². The summed E-state index contributed by atoms with van der Waals surface area (Å²) < 4.78 is 3.49. The van der Waals surface area contributed by atoms with Crippen LogP contribution < -0.4 is 10.6 Å². The number of aromatic nitrogens is 3. The van der Waals surface area contributed by atoms with Gasteiger partial charge in [0.25, 0.3) is 5.91 Å². The average molecular weight is 351 g/mol. The second-order valence-corrected chi connectivity index (χ2v) is 6.27. The maximum Gasteiger partial charge on any atom is 0.261 e. The topological polar surface area (TPSA) is 81.0 Å². The summed E-state index contributed by atoms with van der Waals surface area (Å²) in [4.78, 5) is 24.4. The fourth-order valence-electron chi connectivity index (χ4n) is 2.50. The van der Waals surface area contributed by atoms with Crippen LogP contribution >= 0.6 is 0 Å². The fourth-order valence-corrected chi connectivity index (χ4v) is 2.50. The molecule has 7 nitrogen and oxygen atoms in total. The van der Waals surface area contributed by atoms with Crippen molar-refractivity contribution in [1.29, 1.82) is 0 Å². The van der Waals surface area contributed by atoms with Crippen LogP contribution in [0.1, 0.15) is 24.2 Å². The van der Waals surface area contributed by atoms with Crippen molar-refractivity contribution >= 4 is 23.2 Å². The quantitative estimate of drug-likeness (QED) is 0.741. The predicted molar refractivity (Wildman–Crippen MR) is 100 cm³/mol. The molecule has 3 rings (SSSR count). The van der Waals surface area contributed by atoms with E-state index in [0.29, 0.717) is 22.8 Å². The van der Waals surface area contributed by atoms with Crippen molar-refractivity contribution in [2.24, 2.45) is 13.0 Å². The van der Waals surface area contributed by atoms with Gasteiger partial charge in [0.1, 0.15) is 11.4 Å². The zero-order valence-corrected chi connectivity index (χ0v) is 14.9. The first-order valence-electron chi connectivity index (χ1n) is 8.33. The van der Waals surface area contributed by atoms with Crippen LogP contribution in [0.25, 0.3) is 5.82 Å². The van der Waals surface area contributed by atoms with Crippen molar-refractivity contribution in [3.63, 3.8) is 0 Å². The number of rotatable bonds is 5. The Labute approximate surface area is 151 Å². The van der Waals surface area contributed by atoms with Gasteiger partial charge in [0.2, 0.25) is 5.91 Å². The number of amides is 2. The highest BCUT2D eigenvalue weighted by Gasteiger charge is 2.17. The van der Waals surface area contributed by atoms with Crippen LogP contribution in [-0.4, -0.2) is 26.2 Å². The molecule has 2 amide bonds. The van der Waals surface area contributed by atoms with E-state index in [0.717, 1.165) is 0 Å². The van der Waals surface area contributed by atoms with Gasteiger partial charge in [-0.2, -0.15) is 5.10 Å². The van der Waals surface area contributed by atoms with Crippen LogP contribution in [0.4, 0.5) is 11.4 Å². The van der Waals surface area contributed by atoms with E-state index in [9.17, 15) is 9.59 Å². The molecule has 0 saturated carbocycles. The molecule has 0 bridgehead atoms. The number of hydrogen-bond acceptors (Lipinski definition) is 3.